The number of hydrogen-bond acceptors (Lipinski definition) is 4. The summed E-state index contributed by atoms with van der Waals surface area (Å²) in [6.45, 7) is 4.06. The molecule has 1 aliphatic carbocycles. The molecule has 0 aromatic carbocycles. The van der Waals surface area contributed by atoms with Gasteiger partial charge in [-0.05, 0) is 18.8 Å². The molecular formula is C13H19N3OS. The molecule has 0 saturated heterocycles. The van der Waals surface area contributed by atoms with Crippen molar-refractivity contribution in [2.75, 3.05) is 11.9 Å². The molecule has 2 N–H and O–H groups in total. The van der Waals surface area contributed by atoms with Crippen molar-refractivity contribution < 1.29 is 4.79 Å². The van der Waals surface area contributed by atoms with Gasteiger partial charge >= 0.3 is 0 Å². The Balaban J connectivity index is 1.68. The van der Waals surface area contributed by atoms with E-state index in [0.29, 0.717) is 5.92 Å². The van der Waals surface area contributed by atoms with Crippen LogP contribution < -0.4 is 10.6 Å². The molecule has 0 bridgehead atoms. The molecule has 0 radical (unpaired) electrons. The lowest BCUT2D eigenvalue weighted by atomic mass is 9.97. The Morgan fingerprint density at radius 1 is 1.50 bits per heavy atom. The van der Waals surface area contributed by atoms with Crippen LogP contribution in [-0.4, -0.2) is 17.4 Å². The highest BCUT2D eigenvalue weighted by molar-refractivity contribution is 7.15. The van der Waals surface area contributed by atoms with Crippen LogP contribution in [0.1, 0.15) is 36.8 Å². The smallest absolute Gasteiger partial charge is 0.229 e. The second-order valence-corrected chi connectivity index (χ2v) is 6.40. The molecular weight excluding hydrogens is 246 g/mol. The Kier molecular flexibility index (Phi) is 3.35. The Hall–Kier alpha value is -0.940. The monoisotopic (exact) mass is 265 g/mol. The zero-order valence-corrected chi connectivity index (χ0v) is 11.5. The lowest BCUT2D eigenvalue weighted by Gasteiger charge is -2.13. The standard InChI is InChI=1S/C13H19N3OS/c1-8-3-2-4-9(8)12(17)16-13-15-10-5-6-14-7-11(10)18-13/h8-9,14H,2-7H2,1H3,(H,15,16,17). The third-order valence-corrected chi connectivity index (χ3v) is 5.04. The third-order valence-electron chi connectivity index (χ3n) is 4.03. The van der Waals surface area contributed by atoms with Gasteiger partial charge in [0.15, 0.2) is 5.13 Å². The van der Waals surface area contributed by atoms with Crippen molar-refractivity contribution in [3.05, 3.63) is 10.6 Å². The summed E-state index contributed by atoms with van der Waals surface area (Å²) >= 11 is 1.62. The number of amides is 1. The number of carbonyl (C=O) groups excluding carboxylic acids is 1. The van der Waals surface area contributed by atoms with Gasteiger partial charge in [0.2, 0.25) is 5.91 Å². The van der Waals surface area contributed by atoms with E-state index < -0.39 is 0 Å². The molecule has 2 atom stereocenters. The van der Waals surface area contributed by atoms with Gasteiger partial charge in [-0.25, -0.2) is 4.98 Å². The maximum atomic E-state index is 12.2. The van der Waals surface area contributed by atoms with Crippen molar-refractivity contribution in [3.63, 3.8) is 0 Å². The van der Waals surface area contributed by atoms with Gasteiger partial charge in [0.1, 0.15) is 0 Å². The molecule has 1 amide bonds. The van der Waals surface area contributed by atoms with E-state index in [1.165, 1.54) is 17.7 Å². The highest BCUT2D eigenvalue weighted by Crippen LogP contribution is 2.33. The molecule has 2 unspecified atom stereocenters. The largest absolute Gasteiger partial charge is 0.311 e. The quantitative estimate of drug-likeness (QED) is 0.861. The average molecular weight is 265 g/mol. The minimum atomic E-state index is 0.166. The predicted octanol–water partition coefficient (Wildman–Crippen LogP) is 2.16. The summed E-state index contributed by atoms with van der Waals surface area (Å²) in [5.74, 6) is 0.865. The van der Waals surface area contributed by atoms with Gasteiger partial charge in [-0.2, -0.15) is 0 Å². The molecule has 1 aromatic rings. The minimum absolute atomic E-state index is 0.166. The maximum absolute atomic E-state index is 12.2. The van der Waals surface area contributed by atoms with Crippen LogP contribution in [0.25, 0.3) is 0 Å². The van der Waals surface area contributed by atoms with E-state index in [0.717, 1.165) is 36.8 Å². The fourth-order valence-corrected chi connectivity index (χ4v) is 3.89. The van der Waals surface area contributed by atoms with E-state index >= 15 is 0 Å². The number of anilines is 1. The molecule has 1 fully saturated rings. The molecule has 5 heteroatoms. The van der Waals surface area contributed by atoms with Crippen molar-refractivity contribution >= 4 is 22.4 Å². The van der Waals surface area contributed by atoms with Gasteiger partial charge in [0, 0.05) is 30.3 Å². The average Bonchev–Trinajstić information content (AvgIpc) is 2.94. The van der Waals surface area contributed by atoms with Crippen LogP contribution in [0.5, 0.6) is 0 Å². The number of nitrogens with one attached hydrogen (secondary N) is 2. The van der Waals surface area contributed by atoms with Gasteiger partial charge < -0.3 is 10.6 Å². The molecule has 18 heavy (non-hydrogen) atoms. The van der Waals surface area contributed by atoms with E-state index in [1.54, 1.807) is 11.3 Å². The van der Waals surface area contributed by atoms with Gasteiger partial charge in [0.25, 0.3) is 0 Å². The first-order valence-corrected chi connectivity index (χ1v) is 7.56. The summed E-state index contributed by atoms with van der Waals surface area (Å²) in [6, 6.07) is 0. The van der Waals surface area contributed by atoms with Crippen molar-refractivity contribution in [3.8, 4) is 0 Å². The highest BCUT2D eigenvalue weighted by Gasteiger charge is 2.30. The predicted molar refractivity (Wildman–Crippen MR) is 72.7 cm³/mol. The molecule has 1 saturated carbocycles. The van der Waals surface area contributed by atoms with Crippen LogP contribution in [0, 0.1) is 11.8 Å². The minimum Gasteiger partial charge on any atom is -0.311 e. The Morgan fingerprint density at radius 3 is 3.11 bits per heavy atom. The normalized spacial score (nSPS) is 26.9. The number of aromatic nitrogens is 1. The van der Waals surface area contributed by atoms with Gasteiger partial charge in [-0.3, -0.25) is 4.79 Å². The second kappa shape index (κ2) is 4.97. The summed E-state index contributed by atoms with van der Waals surface area (Å²) in [5.41, 5.74) is 1.16. The highest BCUT2D eigenvalue weighted by atomic mass is 32.1. The van der Waals surface area contributed by atoms with E-state index in [4.69, 9.17) is 0 Å². The zero-order valence-electron chi connectivity index (χ0n) is 10.7. The third kappa shape index (κ3) is 2.29. The summed E-state index contributed by atoms with van der Waals surface area (Å²) in [7, 11) is 0. The van der Waals surface area contributed by atoms with Crippen LogP contribution in [-0.2, 0) is 17.8 Å². The molecule has 0 spiro atoms. The number of hydrogen-bond donors (Lipinski definition) is 2. The van der Waals surface area contributed by atoms with Crippen LogP contribution in [0.4, 0.5) is 5.13 Å². The van der Waals surface area contributed by atoms with E-state index in [9.17, 15) is 4.79 Å². The van der Waals surface area contributed by atoms with E-state index in [1.807, 2.05) is 0 Å². The molecule has 2 heterocycles. The summed E-state index contributed by atoms with van der Waals surface area (Å²) < 4.78 is 0. The topological polar surface area (TPSA) is 54.0 Å². The number of rotatable bonds is 2. The van der Waals surface area contributed by atoms with Crippen LogP contribution in [0.3, 0.4) is 0 Å². The summed E-state index contributed by atoms with van der Waals surface area (Å²) in [5, 5.41) is 7.12. The van der Waals surface area contributed by atoms with Crippen molar-refractivity contribution in [1.29, 1.82) is 0 Å². The second-order valence-electron chi connectivity index (χ2n) is 5.32. The lowest BCUT2D eigenvalue weighted by Crippen LogP contribution is -2.24. The fourth-order valence-electron chi connectivity index (χ4n) is 2.91. The van der Waals surface area contributed by atoms with E-state index in [2.05, 4.69) is 22.5 Å². The van der Waals surface area contributed by atoms with Crippen molar-refractivity contribution in [2.24, 2.45) is 11.8 Å². The van der Waals surface area contributed by atoms with Crippen LogP contribution in [0.15, 0.2) is 0 Å². The van der Waals surface area contributed by atoms with Gasteiger partial charge in [0.05, 0.1) is 5.69 Å². The number of carbonyl (C=O) groups is 1. The van der Waals surface area contributed by atoms with Crippen molar-refractivity contribution in [1.82, 2.24) is 10.3 Å². The van der Waals surface area contributed by atoms with Gasteiger partial charge in [-0.15, -0.1) is 11.3 Å². The molecule has 1 aromatic heterocycles. The number of thiazole rings is 1. The maximum Gasteiger partial charge on any atom is 0.229 e. The first-order chi connectivity index (χ1) is 8.74. The molecule has 4 nitrogen and oxygen atoms in total. The summed E-state index contributed by atoms with van der Waals surface area (Å²) in [4.78, 5) is 18.0. The first kappa shape index (κ1) is 12.1. The summed E-state index contributed by atoms with van der Waals surface area (Å²) in [6.07, 6.45) is 4.36. The molecule has 1 aliphatic heterocycles. The number of nitrogens with zero attached hydrogens (tertiary/aromatic N) is 1. The van der Waals surface area contributed by atoms with E-state index in [-0.39, 0.29) is 11.8 Å². The van der Waals surface area contributed by atoms with Crippen molar-refractivity contribution in [2.45, 2.75) is 39.2 Å². The Morgan fingerprint density at radius 2 is 2.39 bits per heavy atom. The van der Waals surface area contributed by atoms with Crippen LogP contribution in [0.2, 0.25) is 0 Å². The Labute approximate surface area is 111 Å². The molecule has 98 valence electrons. The zero-order chi connectivity index (χ0) is 12.5. The number of fused-ring (bicyclic) bond motifs is 1. The lowest BCUT2D eigenvalue weighted by molar-refractivity contribution is -0.120. The van der Waals surface area contributed by atoms with Gasteiger partial charge in [-0.1, -0.05) is 13.3 Å². The Bertz CT molecular complexity index is 434. The van der Waals surface area contributed by atoms with Crippen LogP contribution >= 0.6 is 11.3 Å². The first-order valence-electron chi connectivity index (χ1n) is 6.74. The molecule has 2 aliphatic rings. The SMILES string of the molecule is CC1CCCC1C(=O)Nc1nc2c(s1)CNCC2. The molecule has 3 rings (SSSR count). The fraction of sp³-hybridized carbons (Fsp3) is 0.692.